The number of ether oxygens (including phenoxy) is 2. The first-order valence-corrected chi connectivity index (χ1v) is 25.8. The summed E-state index contributed by atoms with van der Waals surface area (Å²) in [6, 6.07) is 19.2. The largest absolute Gasteiger partial charge is 0.488 e. The van der Waals surface area contributed by atoms with E-state index in [1.807, 2.05) is 50.4 Å². The van der Waals surface area contributed by atoms with Gasteiger partial charge in [0.2, 0.25) is 17.7 Å². The van der Waals surface area contributed by atoms with Crippen LogP contribution < -0.4 is 35.6 Å². The number of rotatable bonds is 14. The van der Waals surface area contributed by atoms with Crippen LogP contribution in [0.4, 0.5) is 25.1 Å². The van der Waals surface area contributed by atoms with Crippen molar-refractivity contribution in [2.75, 3.05) is 81.9 Å². The maximum absolute atomic E-state index is 16.5. The van der Waals surface area contributed by atoms with E-state index in [4.69, 9.17) is 26.8 Å². The number of nitrogens with two attached hydrogens (primary N) is 1. The number of urea groups is 1. The maximum atomic E-state index is 16.5. The number of nitrogens with zero attached hydrogens (tertiary/aromatic N) is 6. The second-order valence-electron chi connectivity index (χ2n) is 20.2. The van der Waals surface area contributed by atoms with Gasteiger partial charge < -0.3 is 35.4 Å². The van der Waals surface area contributed by atoms with Crippen molar-refractivity contribution in [1.29, 1.82) is 0 Å². The molecule has 1 saturated carbocycles. The van der Waals surface area contributed by atoms with E-state index in [2.05, 4.69) is 42.6 Å². The van der Waals surface area contributed by atoms with E-state index < -0.39 is 40.1 Å². The summed E-state index contributed by atoms with van der Waals surface area (Å²) < 4.78 is 46.4. The third-order valence-corrected chi connectivity index (χ3v) is 16.3. The first-order chi connectivity index (χ1) is 35.2. The van der Waals surface area contributed by atoms with Crippen molar-refractivity contribution in [3.63, 3.8) is 0 Å². The molecule has 0 bridgehead atoms. The number of piperazine rings is 1. The second-order valence-corrected chi connectivity index (χ2v) is 20.5. The third-order valence-electron chi connectivity index (χ3n) is 15.9. The minimum Gasteiger partial charge on any atom is -0.488 e. The number of aryl methyl sites for hydroxylation is 1. The Morgan fingerprint density at radius 1 is 0.945 bits per heavy atom. The number of piperidine rings is 1. The molecular weight excluding hydrogens is 960 g/mol. The van der Waals surface area contributed by atoms with Crippen LogP contribution in [0.15, 0.2) is 66.7 Å². The van der Waals surface area contributed by atoms with Crippen LogP contribution in [0.5, 0.6) is 11.5 Å². The Bertz CT molecular complexity index is 2920. The van der Waals surface area contributed by atoms with Crippen molar-refractivity contribution in [3.8, 4) is 22.6 Å². The summed E-state index contributed by atoms with van der Waals surface area (Å²) in [5.74, 6) is -2.43. The van der Waals surface area contributed by atoms with Crippen LogP contribution in [-0.4, -0.2) is 127 Å². The number of primary amides is 1. The fraction of sp³-hybridized carbons (Fsp3) is 0.463. The Morgan fingerprint density at radius 3 is 2.38 bits per heavy atom. The highest BCUT2D eigenvalue weighted by atomic mass is 35.5. The van der Waals surface area contributed by atoms with Gasteiger partial charge in [-0.05, 0) is 80.3 Å². The van der Waals surface area contributed by atoms with Gasteiger partial charge in [0.1, 0.15) is 18.2 Å². The van der Waals surface area contributed by atoms with Crippen molar-refractivity contribution in [2.24, 2.45) is 24.6 Å². The highest BCUT2D eigenvalue weighted by molar-refractivity contribution is 6.34. The molecule has 5 heterocycles. The molecule has 1 aromatic heterocycles. The van der Waals surface area contributed by atoms with Crippen LogP contribution in [0, 0.1) is 23.5 Å². The fourth-order valence-electron chi connectivity index (χ4n) is 11.9. The number of hydrogen-bond acceptors (Lipinski definition) is 11. The number of carbonyl (C=O) groups excluding carboxylic acids is 4. The maximum Gasteiger partial charge on any atom is 0.329 e. The predicted molar refractivity (Wildman–Crippen MR) is 273 cm³/mol. The summed E-state index contributed by atoms with van der Waals surface area (Å²) in [7, 11) is 1.87. The van der Waals surface area contributed by atoms with E-state index in [1.165, 1.54) is 23.1 Å². The molecule has 73 heavy (non-hydrogen) atoms. The number of carbonyl (C=O) groups is 4. The molecule has 5 amide bonds. The van der Waals surface area contributed by atoms with Crippen LogP contribution in [0.1, 0.15) is 79.3 Å². The summed E-state index contributed by atoms with van der Waals surface area (Å²) >= 11 is 6.73. The topological polar surface area (TPSA) is 188 Å². The first-order valence-electron chi connectivity index (χ1n) is 25.4. The van der Waals surface area contributed by atoms with Crippen molar-refractivity contribution in [2.45, 2.75) is 69.4 Å². The molecule has 2 atom stereocenters. The lowest BCUT2D eigenvalue weighted by Gasteiger charge is -2.41. The van der Waals surface area contributed by atoms with E-state index in [-0.39, 0.29) is 71.6 Å². The Morgan fingerprint density at radius 2 is 1.68 bits per heavy atom. The lowest BCUT2D eigenvalue weighted by molar-refractivity contribution is -0.138. The Labute approximate surface area is 427 Å². The SMILES string of the molecule is CC1c2c(cc(F)c(Cl)c2-c2c(C(N)=O)ccc(OCCO)c2F)OC1(CNC1CCC(C(=O)N2CCC(CN3CCN(c4ccc5c(N6CCC(=O)NC6=O)nn(C)c5c4)CC3)CC2)CC1)c1ccccc1. The molecule has 10 rings (SSSR count). The van der Waals surface area contributed by atoms with Gasteiger partial charge >= 0.3 is 6.03 Å². The number of imide groups is 1. The van der Waals surface area contributed by atoms with Crippen LogP contribution in [-0.2, 0) is 22.2 Å². The Hall–Kier alpha value is -6.34. The molecule has 0 radical (unpaired) electrons. The molecular formula is C54H62ClF2N9O7. The van der Waals surface area contributed by atoms with E-state index >= 15 is 8.78 Å². The molecule has 19 heteroatoms. The molecule has 4 aromatic carbocycles. The van der Waals surface area contributed by atoms with Crippen LogP contribution in [0.25, 0.3) is 22.0 Å². The highest BCUT2D eigenvalue weighted by Gasteiger charge is 2.50. The zero-order chi connectivity index (χ0) is 51.1. The third kappa shape index (κ3) is 9.70. The number of aliphatic hydroxyl groups is 1. The number of anilines is 2. The highest BCUT2D eigenvalue weighted by Crippen LogP contribution is 2.56. The van der Waals surface area contributed by atoms with E-state index in [9.17, 15) is 24.3 Å². The number of likely N-dealkylation sites (tertiary alicyclic amines) is 1. The number of benzene rings is 4. The molecule has 3 saturated heterocycles. The summed E-state index contributed by atoms with van der Waals surface area (Å²) in [4.78, 5) is 59.6. The van der Waals surface area contributed by atoms with Gasteiger partial charge in [-0.3, -0.25) is 34.2 Å². The Balaban J connectivity index is 0.731. The van der Waals surface area contributed by atoms with E-state index in [1.54, 1.807) is 4.68 Å². The molecule has 386 valence electrons. The summed E-state index contributed by atoms with van der Waals surface area (Å²) in [5.41, 5.74) is 7.35. The molecule has 0 spiro atoms. The summed E-state index contributed by atoms with van der Waals surface area (Å²) in [5, 5.41) is 20.6. The quantitative estimate of drug-likeness (QED) is 0.0929. The van der Waals surface area contributed by atoms with Crippen molar-refractivity contribution >= 4 is 57.8 Å². The van der Waals surface area contributed by atoms with Gasteiger partial charge in [0.15, 0.2) is 23.0 Å². The van der Waals surface area contributed by atoms with Gasteiger partial charge in [-0.15, -0.1) is 0 Å². The van der Waals surface area contributed by atoms with Crippen LogP contribution >= 0.6 is 11.6 Å². The van der Waals surface area contributed by atoms with E-state index in [0.29, 0.717) is 30.4 Å². The molecule has 5 N–H and O–H groups in total. The van der Waals surface area contributed by atoms with Gasteiger partial charge in [-0.1, -0.05) is 48.9 Å². The predicted octanol–water partition coefficient (Wildman–Crippen LogP) is 6.69. The molecule has 5 aromatic rings. The van der Waals surface area contributed by atoms with Gasteiger partial charge in [-0.2, -0.15) is 5.10 Å². The van der Waals surface area contributed by atoms with Crippen molar-refractivity contribution < 1.29 is 42.5 Å². The second kappa shape index (κ2) is 20.9. The minimum atomic E-state index is -1.10. The molecule has 2 unspecified atom stereocenters. The van der Waals surface area contributed by atoms with Crippen LogP contribution in [0.2, 0.25) is 5.02 Å². The minimum absolute atomic E-state index is 0.0507. The number of hydrogen-bond donors (Lipinski definition) is 4. The zero-order valence-electron chi connectivity index (χ0n) is 41.2. The average molecular weight is 1020 g/mol. The summed E-state index contributed by atoms with van der Waals surface area (Å²) in [6.45, 7) is 8.13. The van der Waals surface area contributed by atoms with Gasteiger partial charge in [0, 0.05) is 124 Å². The van der Waals surface area contributed by atoms with Gasteiger partial charge in [-0.25, -0.2) is 13.6 Å². The van der Waals surface area contributed by atoms with Crippen LogP contribution in [0.3, 0.4) is 0 Å². The molecule has 4 fully saturated rings. The standard InChI is InChI=1S/C54H62ClF2N9O7/c1-32-45-43(29-40(56)48(55)47(45)46-39(50(58)69)14-15-42(49(46)57)72-27-26-67)73-54(32,35-6-4-3-5-7-35)31-59-36-10-8-34(9-11-36)52(70)65-19-16-33(17-20-65)30-63-22-24-64(25-23-63)37-12-13-38-41(28-37)62(2)61-51(38)66-21-18-44(68)60-53(66)71/h3-7,12-15,28-29,32-34,36,59,67H,8-11,16-27,30-31H2,1-2H3,(H2,58,69)(H,60,68,71). The lowest BCUT2D eigenvalue weighted by atomic mass is 9.77. The van der Waals surface area contributed by atoms with Crippen molar-refractivity contribution in [1.82, 2.24) is 30.2 Å². The molecule has 1 aliphatic carbocycles. The number of halogens is 3. The number of aliphatic hydroxyl groups excluding tert-OH is 1. The molecule has 4 aliphatic heterocycles. The summed E-state index contributed by atoms with van der Waals surface area (Å²) in [6.07, 6.45) is 5.25. The van der Waals surface area contributed by atoms with Crippen molar-refractivity contribution in [3.05, 3.63) is 100 Å². The number of aromatic nitrogens is 2. The number of amides is 5. The normalized spacial score (nSPS) is 22.9. The van der Waals surface area contributed by atoms with E-state index in [0.717, 1.165) is 106 Å². The van der Waals surface area contributed by atoms with Gasteiger partial charge in [0.05, 0.1) is 22.7 Å². The first kappa shape index (κ1) is 50.2. The lowest BCUT2D eigenvalue weighted by Crippen LogP contribution is -2.50. The fourth-order valence-corrected chi connectivity index (χ4v) is 12.1. The number of nitrogens with one attached hydrogen (secondary N) is 2. The smallest absolute Gasteiger partial charge is 0.329 e. The Kier molecular flexibility index (Phi) is 14.4. The zero-order valence-corrected chi connectivity index (χ0v) is 41.9. The monoisotopic (exact) mass is 1020 g/mol. The average Bonchev–Trinajstić information content (AvgIpc) is 3.88. The number of fused-ring (bicyclic) bond motifs is 2. The molecule has 16 nitrogen and oxygen atoms in total. The molecule has 5 aliphatic rings. The van der Waals surface area contributed by atoms with Gasteiger partial charge in [0.25, 0.3) is 0 Å².